The number of β-amino-alcohol motifs (C(OH)–C–C–N with tert-alkyl or cyclic N) is 1. The van der Waals surface area contributed by atoms with Crippen molar-refractivity contribution in [3.05, 3.63) is 126 Å². The molecule has 4 aromatic carbocycles. The van der Waals surface area contributed by atoms with Crippen molar-refractivity contribution >= 4 is 0 Å². The van der Waals surface area contributed by atoms with Crippen molar-refractivity contribution in [2.24, 2.45) is 0 Å². The molecule has 46 heavy (non-hydrogen) atoms. The van der Waals surface area contributed by atoms with E-state index in [1.165, 1.54) is 11.6 Å². The third-order valence-electron chi connectivity index (χ3n) is 8.93. The summed E-state index contributed by atoms with van der Waals surface area (Å²) in [6, 6.07) is 34.8. The molecule has 0 radical (unpaired) electrons. The first-order valence-electron chi connectivity index (χ1n) is 16.0. The van der Waals surface area contributed by atoms with Gasteiger partial charge in [0.2, 0.25) is 0 Å². The van der Waals surface area contributed by atoms with Crippen molar-refractivity contribution in [1.82, 2.24) is 9.80 Å². The number of benzene rings is 4. The number of halogens is 1. The summed E-state index contributed by atoms with van der Waals surface area (Å²) in [6.07, 6.45) is 3.16. The van der Waals surface area contributed by atoms with E-state index in [4.69, 9.17) is 14.2 Å². The summed E-state index contributed by atoms with van der Waals surface area (Å²) >= 11 is 0. The minimum absolute atomic E-state index is 0. The molecule has 7 rings (SSSR count). The minimum Gasteiger partial charge on any atom is -1.00 e. The van der Waals surface area contributed by atoms with E-state index in [0.29, 0.717) is 31.6 Å². The molecule has 3 aliphatic heterocycles. The Balaban J connectivity index is 0.000000204. The molecule has 1 spiro atoms. The Morgan fingerprint density at radius 3 is 1.93 bits per heavy atom. The molecule has 4 aromatic rings. The van der Waals surface area contributed by atoms with Gasteiger partial charge in [-0.15, -0.1) is 0 Å². The van der Waals surface area contributed by atoms with Crippen molar-refractivity contribution in [3.63, 3.8) is 0 Å². The molecular weight excluding hydrogens is 590 g/mol. The Hall–Kier alpha value is -2.91. The monoisotopic (exact) mass is 634 g/mol. The molecule has 0 bridgehead atoms. The first-order chi connectivity index (χ1) is 22.0. The normalized spacial score (nSPS) is 22.0. The van der Waals surface area contributed by atoms with Gasteiger partial charge in [-0.25, -0.2) is 4.39 Å². The van der Waals surface area contributed by atoms with Crippen LogP contribution in [0, 0.1) is 5.82 Å². The van der Waals surface area contributed by atoms with E-state index < -0.39 is 5.60 Å². The topological polar surface area (TPSA) is 54.4 Å². The van der Waals surface area contributed by atoms with Crippen LogP contribution in [0.1, 0.15) is 25.4 Å². The molecule has 2 atom stereocenters. The van der Waals surface area contributed by atoms with Gasteiger partial charge in [0.25, 0.3) is 0 Å². The van der Waals surface area contributed by atoms with E-state index in [2.05, 4.69) is 34.1 Å². The maximum absolute atomic E-state index is 13.8. The zero-order valence-corrected chi connectivity index (χ0v) is 28.8. The Labute approximate surface area is 295 Å². The number of para-hydroxylation sites is 3. The molecule has 8 heteroatoms. The van der Waals surface area contributed by atoms with Crippen molar-refractivity contribution in [2.45, 2.75) is 36.9 Å². The van der Waals surface area contributed by atoms with Crippen LogP contribution in [-0.4, -0.2) is 78.6 Å². The van der Waals surface area contributed by atoms with Gasteiger partial charge in [0, 0.05) is 58.5 Å². The number of rotatable bonds is 10. The summed E-state index contributed by atoms with van der Waals surface area (Å²) in [5.74, 6) is 2.63. The zero-order chi connectivity index (χ0) is 31.0. The second-order valence-corrected chi connectivity index (χ2v) is 12.4. The van der Waals surface area contributed by atoms with Gasteiger partial charge in [-0.1, -0.05) is 72.8 Å². The molecule has 6 nitrogen and oxygen atoms in total. The number of hydrogen-bond donors (Lipinski definition) is 1. The SMILES string of the molecule is OC1(Cc2ccccc2F)CCN(CCOc2ccccc2)C1.[H-].[Na+].c1ccc(OCCN2CCC3(Cc4ccccc4O3)C2)cc1. The van der Waals surface area contributed by atoms with Crippen LogP contribution in [0.5, 0.6) is 17.2 Å². The third kappa shape index (κ3) is 9.34. The molecule has 2 unspecified atom stereocenters. The third-order valence-corrected chi connectivity index (χ3v) is 8.93. The zero-order valence-electron chi connectivity index (χ0n) is 27.8. The van der Waals surface area contributed by atoms with Gasteiger partial charge in [0.1, 0.15) is 41.9 Å². The maximum atomic E-state index is 13.8. The van der Waals surface area contributed by atoms with Gasteiger partial charge in [-0.05, 0) is 53.9 Å². The van der Waals surface area contributed by atoms with Gasteiger partial charge in [0.15, 0.2) is 0 Å². The first kappa shape index (κ1) is 34.4. The van der Waals surface area contributed by atoms with Crippen LogP contribution in [-0.2, 0) is 12.8 Å². The number of ether oxygens (including phenoxy) is 3. The Morgan fingerprint density at radius 2 is 1.28 bits per heavy atom. The summed E-state index contributed by atoms with van der Waals surface area (Å²) in [6.45, 7) is 6.48. The first-order valence-corrected chi connectivity index (χ1v) is 16.0. The molecule has 1 N–H and O–H groups in total. The summed E-state index contributed by atoms with van der Waals surface area (Å²) < 4.78 is 31.5. The molecule has 2 fully saturated rings. The van der Waals surface area contributed by atoms with Crippen LogP contribution in [0.25, 0.3) is 0 Å². The predicted molar refractivity (Wildman–Crippen MR) is 176 cm³/mol. The standard InChI is InChI=1S/C19H22FNO2.C19H21NO2.Na.H/c20-18-9-5-4-6-16(18)14-19(22)10-11-21(15-19)12-13-23-17-7-2-1-3-8-17;1-2-7-17(8-3-1)21-13-12-20-11-10-19(15-20)14-16-6-4-5-9-18(16)22-19;;/h1-9,22H,10-15H2;1-9H,10-15H2;;/q;;+1;-1. The van der Waals surface area contributed by atoms with E-state index in [-0.39, 0.29) is 42.4 Å². The molecule has 0 saturated carbocycles. The van der Waals surface area contributed by atoms with E-state index in [0.717, 1.165) is 69.4 Å². The number of fused-ring (bicyclic) bond motifs is 1. The summed E-state index contributed by atoms with van der Waals surface area (Å²) in [4.78, 5) is 4.62. The summed E-state index contributed by atoms with van der Waals surface area (Å²) in [7, 11) is 0. The second kappa shape index (κ2) is 16.3. The van der Waals surface area contributed by atoms with Crippen LogP contribution in [0.3, 0.4) is 0 Å². The van der Waals surface area contributed by atoms with Gasteiger partial charge >= 0.3 is 29.6 Å². The van der Waals surface area contributed by atoms with Crippen LogP contribution in [0.4, 0.5) is 4.39 Å². The fourth-order valence-electron chi connectivity index (χ4n) is 6.60. The second-order valence-electron chi connectivity index (χ2n) is 12.4. The van der Waals surface area contributed by atoms with Gasteiger partial charge in [-0.3, -0.25) is 9.80 Å². The largest absolute Gasteiger partial charge is 1.00 e. The molecule has 0 aliphatic carbocycles. The quantitative estimate of drug-likeness (QED) is 0.271. The van der Waals surface area contributed by atoms with Crippen molar-refractivity contribution < 1.29 is 54.7 Å². The molecule has 238 valence electrons. The smallest absolute Gasteiger partial charge is 1.00 e. The molecule has 3 heterocycles. The average Bonchev–Trinajstić information content (AvgIpc) is 3.75. The number of likely N-dealkylation sites (tertiary alicyclic amines) is 2. The number of nitrogens with zero attached hydrogens (tertiary/aromatic N) is 2. The van der Waals surface area contributed by atoms with Crippen LogP contribution >= 0.6 is 0 Å². The molecular formula is C38H44FN2NaO4. The molecule has 2 saturated heterocycles. The number of aliphatic hydroxyl groups is 1. The van der Waals surface area contributed by atoms with Crippen molar-refractivity contribution in [3.8, 4) is 17.2 Å². The molecule has 3 aliphatic rings. The van der Waals surface area contributed by atoms with Gasteiger partial charge in [0.05, 0.1) is 5.60 Å². The molecule has 0 aromatic heterocycles. The predicted octanol–water partition coefficient (Wildman–Crippen LogP) is 3.15. The van der Waals surface area contributed by atoms with Crippen molar-refractivity contribution in [2.75, 3.05) is 52.5 Å². The maximum Gasteiger partial charge on any atom is 1.00 e. The van der Waals surface area contributed by atoms with E-state index in [9.17, 15) is 9.50 Å². The Morgan fingerprint density at radius 1 is 0.717 bits per heavy atom. The minimum atomic E-state index is -0.852. The van der Waals surface area contributed by atoms with Crippen molar-refractivity contribution in [1.29, 1.82) is 0 Å². The number of hydrogen-bond acceptors (Lipinski definition) is 6. The van der Waals surface area contributed by atoms with E-state index in [1.54, 1.807) is 12.1 Å². The van der Waals surface area contributed by atoms with Crippen LogP contribution in [0.2, 0.25) is 0 Å². The van der Waals surface area contributed by atoms with Crippen LogP contribution < -0.4 is 43.8 Å². The van der Waals surface area contributed by atoms with Crippen LogP contribution in [0.15, 0.2) is 109 Å². The van der Waals surface area contributed by atoms with Gasteiger partial charge < -0.3 is 20.7 Å². The fraction of sp³-hybridized carbons (Fsp3) is 0.368. The molecule has 0 amide bonds. The summed E-state index contributed by atoms with van der Waals surface area (Å²) in [5, 5.41) is 10.7. The Bertz CT molecular complexity index is 1490. The van der Waals surface area contributed by atoms with Gasteiger partial charge in [-0.2, -0.15) is 0 Å². The fourth-order valence-corrected chi connectivity index (χ4v) is 6.60. The van der Waals surface area contributed by atoms with E-state index in [1.807, 2.05) is 66.7 Å². The summed E-state index contributed by atoms with van der Waals surface area (Å²) in [5.41, 5.74) is 1.08. The Kier molecular flexibility index (Phi) is 12.2. The average molecular weight is 635 g/mol. The van der Waals surface area contributed by atoms with E-state index >= 15 is 0 Å².